The molecular weight excluding hydrogens is 865 g/mol. The van der Waals surface area contributed by atoms with Gasteiger partial charge in [0.05, 0.1) is 48.3 Å². The minimum absolute atomic E-state index is 0.0200. The highest BCUT2D eigenvalue weighted by atomic mass is 32.1. The third kappa shape index (κ3) is 9.48. The zero-order valence-corrected chi connectivity index (χ0v) is 36.3. The maximum atomic E-state index is 15.4. The van der Waals surface area contributed by atoms with Crippen LogP contribution in [0.2, 0.25) is 0 Å². The van der Waals surface area contributed by atoms with Crippen LogP contribution in [0.3, 0.4) is 0 Å². The molecule has 2 saturated carbocycles. The van der Waals surface area contributed by atoms with Gasteiger partial charge >= 0.3 is 18.3 Å². The van der Waals surface area contributed by atoms with Crippen LogP contribution < -0.4 is 14.2 Å². The minimum Gasteiger partial charge on any atom is -0.493 e. The van der Waals surface area contributed by atoms with Gasteiger partial charge in [0, 0.05) is 35.7 Å². The number of ketones is 1. The van der Waals surface area contributed by atoms with Crippen molar-refractivity contribution in [1.29, 1.82) is 5.26 Å². The van der Waals surface area contributed by atoms with Crippen molar-refractivity contribution in [2.75, 3.05) is 26.4 Å². The number of ether oxygens (including phenoxy) is 4. The molecule has 4 heterocycles. The molecule has 64 heavy (non-hydrogen) atoms. The number of hydrogen-bond acceptors (Lipinski definition) is 10. The number of allylic oxidation sites excluding steroid dienone is 1. The van der Waals surface area contributed by atoms with E-state index in [1.54, 1.807) is 37.3 Å². The van der Waals surface area contributed by atoms with Gasteiger partial charge in [0.25, 0.3) is 5.91 Å². The van der Waals surface area contributed by atoms with Crippen molar-refractivity contribution in [3.8, 4) is 23.4 Å². The maximum absolute atomic E-state index is 15.4. The molecule has 0 spiro atoms. The van der Waals surface area contributed by atoms with Gasteiger partial charge in [0.15, 0.2) is 11.4 Å². The van der Waals surface area contributed by atoms with Crippen molar-refractivity contribution in [2.45, 2.75) is 126 Å². The van der Waals surface area contributed by atoms with Crippen molar-refractivity contribution in [3.05, 3.63) is 81.7 Å². The zero-order valence-electron chi connectivity index (χ0n) is 35.5. The molecule has 7 rings (SSSR count). The van der Waals surface area contributed by atoms with Crippen molar-refractivity contribution in [3.63, 3.8) is 0 Å². The molecule has 344 valence electrons. The normalized spacial score (nSPS) is 25.4. The number of esters is 1. The van der Waals surface area contributed by atoms with Gasteiger partial charge in [-0.25, -0.2) is 4.98 Å². The smallest absolute Gasteiger partial charge is 0.425 e. The number of benzene rings is 1. The average molecular weight is 916 g/mol. The number of halogens is 6. The molecule has 0 N–H and O–H groups in total. The molecule has 2 aliphatic heterocycles. The van der Waals surface area contributed by atoms with Crippen LogP contribution in [0.1, 0.15) is 123 Å². The molecule has 1 saturated heterocycles. The number of fused-ring (bicyclic) bond motifs is 2. The molecule has 3 aromatic rings. The van der Waals surface area contributed by atoms with Gasteiger partial charge in [-0.1, -0.05) is 36.8 Å². The molecule has 4 aliphatic rings. The fourth-order valence-corrected chi connectivity index (χ4v) is 10.5. The van der Waals surface area contributed by atoms with Crippen LogP contribution in [0.15, 0.2) is 60.1 Å². The number of nitrogens with zero attached hydrogens (tertiary/aromatic N) is 3. The molecule has 0 unspecified atom stereocenters. The third-order valence-corrected chi connectivity index (χ3v) is 14.3. The summed E-state index contributed by atoms with van der Waals surface area (Å²) in [6.07, 6.45) is -0.0528. The summed E-state index contributed by atoms with van der Waals surface area (Å²) in [5, 5.41) is 12.0. The fourth-order valence-electron chi connectivity index (χ4n) is 9.87. The molecule has 10 nitrogen and oxygen atoms in total. The standard InChI is InChI=1S/C47H51F6N3O7S/c1-2-60-42(59)43(18-9-19-43)20-11-27-61-35-13-7-6-12-33(35)44(30-54)22-15-31(16-23-44)39(57)45(63-32-28-37(64-29-32)47(51,52)53)21-10-25-56-36(45)14-5-3-4-8-26-62-40-38(41(56)58)34(17-24-55-40)46(48,49)50/h3,5-7,12-13,17,24,28-29,31,36H,2,4,8-11,14-16,18-23,25-27H2,1H3/b5-3-/t31?,36-,44?,45+/m1/s1. The van der Waals surface area contributed by atoms with Gasteiger partial charge in [-0.2, -0.15) is 31.6 Å². The van der Waals surface area contributed by atoms with Crippen LogP contribution in [-0.4, -0.2) is 65.6 Å². The largest absolute Gasteiger partial charge is 0.493 e. The Labute approximate surface area is 371 Å². The van der Waals surface area contributed by atoms with Crippen molar-refractivity contribution < 1.29 is 59.7 Å². The Morgan fingerprint density at radius 1 is 1.00 bits per heavy atom. The quantitative estimate of drug-likeness (QED) is 0.0755. The Morgan fingerprint density at radius 3 is 2.44 bits per heavy atom. The Morgan fingerprint density at radius 2 is 1.77 bits per heavy atom. The Hall–Kier alpha value is -5.11. The zero-order chi connectivity index (χ0) is 45.8. The third-order valence-electron chi connectivity index (χ3n) is 13.3. The van der Waals surface area contributed by atoms with Crippen molar-refractivity contribution in [1.82, 2.24) is 9.88 Å². The van der Waals surface area contributed by atoms with Crippen molar-refractivity contribution in [2.24, 2.45) is 11.3 Å². The van der Waals surface area contributed by atoms with E-state index >= 15 is 4.79 Å². The van der Waals surface area contributed by atoms with Gasteiger partial charge in [-0.3, -0.25) is 14.4 Å². The highest BCUT2D eigenvalue weighted by Gasteiger charge is 2.57. The second kappa shape index (κ2) is 19.2. The van der Waals surface area contributed by atoms with Crippen molar-refractivity contribution >= 4 is 29.0 Å². The van der Waals surface area contributed by atoms with Crippen LogP contribution in [0, 0.1) is 22.7 Å². The molecular formula is C47H51F6N3O7S. The number of hydrogen-bond donors (Lipinski definition) is 0. The summed E-state index contributed by atoms with van der Waals surface area (Å²) in [5.74, 6) is -2.84. The predicted molar refractivity (Wildman–Crippen MR) is 223 cm³/mol. The summed E-state index contributed by atoms with van der Waals surface area (Å²) in [6.45, 7) is 2.28. The highest BCUT2D eigenvalue weighted by molar-refractivity contribution is 7.10. The number of Topliss-reactive ketones (excluding diaryl/α,β-unsaturated/α-hetero) is 1. The van der Waals surface area contributed by atoms with Gasteiger partial charge in [0.2, 0.25) is 5.88 Å². The number of para-hydroxylation sites is 1. The Kier molecular flexibility index (Phi) is 14.0. The molecule has 0 radical (unpaired) electrons. The summed E-state index contributed by atoms with van der Waals surface area (Å²) < 4.78 is 109. The van der Waals surface area contributed by atoms with E-state index < -0.39 is 74.3 Å². The summed E-state index contributed by atoms with van der Waals surface area (Å²) in [6, 6.07) is 9.93. The second-order valence-corrected chi connectivity index (χ2v) is 18.0. The topological polar surface area (TPSA) is 128 Å². The molecule has 2 aromatic heterocycles. The highest BCUT2D eigenvalue weighted by Crippen LogP contribution is 2.50. The van der Waals surface area contributed by atoms with Crippen LogP contribution in [0.25, 0.3) is 0 Å². The van der Waals surface area contributed by atoms with Crippen LogP contribution in [0.5, 0.6) is 17.4 Å². The molecule has 1 amide bonds. The van der Waals surface area contributed by atoms with Crippen LogP contribution in [-0.2, 0) is 32.1 Å². The van der Waals surface area contributed by atoms with E-state index in [1.807, 2.05) is 6.07 Å². The van der Waals surface area contributed by atoms with E-state index in [0.717, 1.165) is 36.9 Å². The summed E-state index contributed by atoms with van der Waals surface area (Å²) in [7, 11) is 0. The summed E-state index contributed by atoms with van der Waals surface area (Å²) in [4.78, 5) is 47.0. The van der Waals surface area contributed by atoms with Crippen LogP contribution in [0.4, 0.5) is 26.3 Å². The number of rotatable bonds is 12. The lowest BCUT2D eigenvalue weighted by Crippen LogP contribution is -2.66. The number of alkyl halides is 6. The lowest BCUT2D eigenvalue weighted by molar-refractivity contribution is -0.162. The van der Waals surface area contributed by atoms with E-state index in [4.69, 9.17) is 18.9 Å². The van der Waals surface area contributed by atoms with Gasteiger partial charge < -0.3 is 23.8 Å². The first-order valence-corrected chi connectivity index (χ1v) is 22.8. The first-order valence-electron chi connectivity index (χ1n) is 21.9. The minimum atomic E-state index is -4.98. The van der Waals surface area contributed by atoms with Gasteiger partial charge in [-0.15, -0.1) is 11.3 Å². The first kappa shape index (κ1) is 46.9. The monoisotopic (exact) mass is 915 g/mol. The molecule has 2 atom stereocenters. The first-order chi connectivity index (χ1) is 30.6. The Balaban J connectivity index is 1.19. The molecule has 1 aromatic carbocycles. The van der Waals surface area contributed by atoms with E-state index in [0.29, 0.717) is 67.6 Å². The number of carbonyl (C=O) groups excluding carboxylic acids is 3. The molecule has 3 fully saturated rings. The molecule has 0 bridgehead atoms. The number of nitriles is 1. The molecule has 2 aliphatic carbocycles. The predicted octanol–water partition coefficient (Wildman–Crippen LogP) is 10.8. The molecule has 17 heteroatoms. The average Bonchev–Trinajstić information content (AvgIpc) is 3.74. The number of pyridine rings is 1. The van der Waals surface area contributed by atoms with E-state index in [-0.39, 0.29) is 69.8 Å². The van der Waals surface area contributed by atoms with E-state index in [9.17, 15) is 41.2 Å². The SMILES string of the molecule is CCOC(=O)C1(CCCOc2ccccc2C2(C#N)CCC(C(=O)[C@]3(Oc4csc(C(F)(F)F)c4)CCCN4C(=O)c5c(C(F)(F)F)ccnc5OCCC/C=C\C[C@@H]43)CC2)CCC1. The van der Waals surface area contributed by atoms with Gasteiger partial charge in [0.1, 0.15) is 21.9 Å². The summed E-state index contributed by atoms with van der Waals surface area (Å²) in [5.41, 5.74) is -5.02. The number of carbonyl (C=O) groups is 3. The number of amides is 1. The van der Waals surface area contributed by atoms with E-state index in [1.165, 1.54) is 4.90 Å². The second-order valence-electron chi connectivity index (χ2n) is 17.1. The van der Waals surface area contributed by atoms with Crippen LogP contribution >= 0.6 is 11.3 Å². The maximum Gasteiger partial charge on any atom is 0.425 e. The number of piperidine rings is 1. The Bertz CT molecular complexity index is 2240. The number of thiophene rings is 1. The van der Waals surface area contributed by atoms with Gasteiger partial charge in [-0.05, 0) is 103 Å². The fraction of sp³-hybridized carbons (Fsp3) is 0.553. The lowest BCUT2D eigenvalue weighted by Gasteiger charge is -2.50. The summed E-state index contributed by atoms with van der Waals surface area (Å²) >= 11 is 0.378. The number of aromatic nitrogens is 1. The lowest BCUT2D eigenvalue weighted by atomic mass is 9.64. The van der Waals surface area contributed by atoms with E-state index in [2.05, 4.69) is 11.1 Å².